The van der Waals surface area contributed by atoms with E-state index in [4.69, 9.17) is 0 Å². The summed E-state index contributed by atoms with van der Waals surface area (Å²) in [4.78, 5) is 11.7. The smallest absolute Gasteiger partial charge is 0.382 e. The molecule has 0 spiro atoms. The minimum absolute atomic E-state index is 0.194. The van der Waals surface area contributed by atoms with E-state index in [9.17, 15) is 26.7 Å². The van der Waals surface area contributed by atoms with E-state index in [1.807, 2.05) is 13.8 Å². The first-order valence-corrected chi connectivity index (χ1v) is 6.41. The Bertz CT molecular complexity index is 728. The van der Waals surface area contributed by atoms with Crippen molar-refractivity contribution in [3.8, 4) is 5.75 Å². The van der Waals surface area contributed by atoms with Crippen LogP contribution in [0.2, 0.25) is 0 Å². The van der Waals surface area contributed by atoms with Crippen molar-refractivity contribution in [3.63, 3.8) is 0 Å². The summed E-state index contributed by atoms with van der Waals surface area (Å²) >= 11 is 0. The number of rotatable bonds is 4. The Kier molecular flexibility index (Phi) is 4.67. The summed E-state index contributed by atoms with van der Waals surface area (Å²) in [5, 5.41) is 3.54. The Hall–Kier alpha value is -2.45. The molecule has 0 aliphatic carbocycles. The van der Waals surface area contributed by atoms with Crippen molar-refractivity contribution in [3.05, 3.63) is 46.6 Å². The molecule has 124 valence electrons. The molecule has 4 nitrogen and oxygen atoms in total. The van der Waals surface area contributed by atoms with Gasteiger partial charge in [-0.15, -0.1) is 0 Å². The van der Waals surface area contributed by atoms with Crippen LogP contribution in [0.4, 0.5) is 22.0 Å². The zero-order valence-corrected chi connectivity index (χ0v) is 11.9. The van der Waals surface area contributed by atoms with Crippen molar-refractivity contribution in [1.29, 1.82) is 0 Å². The van der Waals surface area contributed by atoms with Crippen LogP contribution in [0.25, 0.3) is 0 Å². The van der Waals surface area contributed by atoms with Gasteiger partial charge >= 0.3 is 5.97 Å². The van der Waals surface area contributed by atoms with Gasteiger partial charge in [0.25, 0.3) is 0 Å². The second kappa shape index (κ2) is 6.35. The number of nitrogens with zero attached hydrogens (tertiary/aromatic N) is 1. The second-order valence-corrected chi connectivity index (χ2v) is 5.07. The van der Waals surface area contributed by atoms with Gasteiger partial charge in [0, 0.05) is 6.07 Å². The highest BCUT2D eigenvalue weighted by atomic mass is 19.2. The quantitative estimate of drug-likeness (QED) is 0.280. The molecule has 0 saturated carbocycles. The predicted molar refractivity (Wildman–Crippen MR) is 66.2 cm³/mol. The lowest BCUT2D eigenvalue weighted by molar-refractivity contribution is 0.0672. The van der Waals surface area contributed by atoms with Crippen LogP contribution in [0, 0.1) is 35.0 Å². The van der Waals surface area contributed by atoms with E-state index in [1.165, 1.54) is 0 Å². The van der Waals surface area contributed by atoms with E-state index < -0.39 is 46.6 Å². The normalized spacial score (nSPS) is 11.1. The average Bonchev–Trinajstić information content (AvgIpc) is 2.95. The third-order valence-electron chi connectivity index (χ3n) is 2.74. The van der Waals surface area contributed by atoms with Crippen LogP contribution in [-0.2, 0) is 6.42 Å². The summed E-state index contributed by atoms with van der Waals surface area (Å²) < 4.78 is 74.6. The van der Waals surface area contributed by atoms with Crippen molar-refractivity contribution >= 4 is 5.97 Å². The molecule has 0 bridgehead atoms. The SMILES string of the molecule is CC(C)Cc1cc(C(=O)Oc2c(F)c(F)c(F)c(F)c2F)on1. The highest BCUT2D eigenvalue weighted by Gasteiger charge is 2.29. The van der Waals surface area contributed by atoms with Crippen LogP contribution in [-0.4, -0.2) is 11.1 Å². The van der Waals surface area contributed by atoms with Gasteiger partial charge < -0.3 is 9.26 Å². The fourth-order valence-electron chi connectivity index (χ4n) is 1.74. The van der Waals surface area contributed by atoms with Gasteiger partial charge in [0.2, 0.25) is 40.6 Å². The molecule has 0 aliphatic rings. The van der Waals surface area contributed by atoms with Crippen molar-refractivity contribution in [1.82, 2.24) is 5.16 Å². The molecule has 0 N–H and O–H groups in total. The first-order chi connectivity index (χ1) is 10.7. The lowest BCUT2D eigenvalue weighted by Crippen LogP contribution is -2.13. The fourth-order valence-corrected chi connectivity index (χ4v) is 1.74. The average molecular weight is 335 g/mol. The van der Waals surface area contributed by atoms with E-state index in [2.05, 4.69) is 14.4 Å². The van der Waals surface area contributed by atoms with Crippen molar-refractivity contribution < 1.29 is 36.0 Å². The molecule has 9 heteroatoms. The van der Waals surface area contributed by atoms with Crippen molar-refractivity contribution in [2.75, 3.05) is 0 Å². The van der Waals surface area contributed by atoms with E-state index in [0.29, 0.717) is 12.1 Å². The summed E-state index contributed by atoms with van der Waals surface area (Å²) in [6, 6.07) is 1.16. The standard InChI is InChI=1S/C14H10F5NO3/c1-5(2)3-6-4-7(23-20-6)14(21)22-13-11(18)9(16)8(15)10(17)12(13)19/h4-5H,3H2,1-2H3. The summed E-state index contributed by atoms with van der Waals surface area (Å²) in [6.07, 6.45) is 0.458. The van der Waals surface area contributed by atoms with Crippen LogP contribution in [0.1, 0.15) is 30.1 Å². The minimum atomic E-state index is -2.35. The Morgan fingerprint density at radius 1 is 1.09 bits per heavy atom. The first kappa shape index (κ1) is 16.9. The summed E-state index contributed by atoms with van der Waals surface area (Å²) in [7, 11) is 0. The Labute approximate surface area is 126 Å². The topological polar surface area (TPSA) is 52.3 Å². The molecule has 1 heterocycles. The van der Waals surface area contributed by atoms with E-state index in [1.54, 1.807) is 0 Å². The number of ether oxygens (including phenoxy) is 1. The monoisotopic (exact) mass is 335 g/mol. The Balaban J connectivity index is 2.29. The molecule has 0 radical (unpaired) electrons. The highest BCUT2D eigenvalue weighted by Crippen LogP contribution is 2.29. The maximum atomic E-state index is 13.4. The molecule has 0 aliphatic heterocycles. The molecular weight excluding hydrogens is 325 g/mol. The zero-order chi connectivity index (χ0) is 17.3. The van der Waals surface area contributed by atoms with Crippen molar-refractivity contribution in [2.45, 2.75) is 20.3 Å². The number of esters is 1. The van der Waals surface area contributed by atoms with Gasteiger partial charge in [0.15, 0.2) is 0 Å². The lowest BCUT2D eigenvalue weighted by Gasteiger charge is -2.07. The lowest BCUT2D eigenvalue weighted by atomic mass is 10.1. The Morgan fingerprint density at radius 2 is 1.61 bits per heavy atom. The molecule has 0 atom stereocenters. The van der Waals surface area contributed by atoms with Gasteiger partial charge in [-0.3, -0.25) is 0 Å². The third kappa shape index (κ3) is 3.33. The molecule has 0 amide bonds. The zero-order valence-electron chi connectivity index (χ0n) is 11.9. The molecular formula is C14H10F5NO3. The second-order valence-electron chi connectivity index (χ2n) is 5.07. The summed E-state index contributed by atoms with van der Waals surface area (Å²) in [6.45, 7) is 3.75. The maximum absolute atomic E-state index is 13.4. The summed E-state index contributed by atoms with van der Waals surface area (Å²) in [5.74, 6) is -14.8. The van der Waals surface area contributed by atoms with Crippen LogP contribution in [0.3, 0.4) is 0 Å². The van der Waals surface area contributed by atoms with Gasteiger partial charge in [-0.2, -0.15) is 8.78 Å². The van der Waals surface area contributed by atoms with Gasteiger partial charge in [0.05, 0.1) is 5.69 Å². The molecule has 0 fully saturated rings. The number of carbonyl (C=O) groups is 1. The van der Waals surface area contributed by atoms with E-state index in [0.717, 1.165) is 6.07 Å². The van der Waals surface area contributed by atoms with E-state index >= 15 is 0 Å². The third-order valence-corrected chi connectivity index (χ3v) is 2.74. The van der Waals surface area contributed by atoms with Crippen LogP contribution in [0.5, 0.6) is 5.75 Å². The number of benzene rings is 1. The molecule has 1 aromatic heterocycles. The van der Waals surface area contributed by atoms with Crippen LogP contribution >= 0.6 is 0 Å². The van der Waals surface area contributed by atoms with Gasteiger partial charge in [0.1, 0.15) is 0 Å². The molecule has 1 aromatic carbocycles. The molecule has 2 rings (SSSR count). The number of halogens is 5. The van der Waals surface area contributed by atoms with E-state index in [-0.39, 0.29) is 5.92 Å². The van der Waals surface area contributed by atoms with Crippen molar-refractivity contribution in [2.24, 2.45) is 5.92 Å². The number of carbonyl (C=O) groups excluding carboxylic acids is 1. The maximum Gasteiger partial charge on any atom is 0.382 e. The molecule has 2 aromatic rings. The number of hydrogen-bond acceptors (Lipinski definition) is 4. The molecule has 0 saturated heterocycles. The highest BCUT2D eigenvalue weighted by molar-refractivity contribution is 5.88. The number of hydrogen-bond donors (Lipinski definition) is 0. The van der Waals surface area contributed by atoms with Gasteiger partial charge in [-0.1, -0.05) is 19.0 Å². The Morgan fingerprint density at radius 3 is 2.13 bits per heavy atom. The number of aromatic nitrogens is 1. The largest absolute Gasteiger partial charge is 0.414 e. The first-order valence-electron chi connectivity index (χ1n) is 6.41. The fraction of sp³-hybridized carbons (Fsp3) is 0.286. The van der Waals surface area contributed by atoms with Crippen LogP contribution < -0.4 is 4.74 Å². The van der Waals surface area contributed by atoms with Gasteiger partial charge in [-0.25, -0.2) is 18.0 Å². The van der Waals surface area contributed by atoms with Gasteiger partial charge in [-0.05, 0) is 12.3 Å². The summed E-state index contributed by atoms with van der Waals surface area (Å²) in [5.41, 5.74) is 0.379. The minimum Gasteiger partial charge on any atom is -0.414 e. The predicted octanol–water partition coefficient (Wildman–Crippen LogP) is 3.79. The molecule has 23 heavy (non-hydrogen) atoms. The molecule has 0 unspecified atom stereocenters. The van der Waals surface area contributed by atoms with Crippen LogP contribution in [0.15, 0.2) is 10.6 Å².